The van der Waals surface area contributed by atoms with Gasteiger partial charge in [0.1, 0.15) is 0 Å². The molecule has 1 heterocycles. The Balaban J connectivity index is 2.61. The first-order valence-corrected chi connectivity index (χ1v) is 8.24. The second-order valence-electron chi connectivity index (χ2n) is 5.20. The minimum Gasteiger partial charge on any atom is -0.493 e. The number of carbonyl (C=O) groups excluding carboxylic acids is 2. The van der Waals surface area contributed by atoms with Crippen molar-refractivity contribution in [1.29, 1.82) is 0 Å². The normalized spacial score (nSPS) is 16.8. The number of hydrogen-bond acceptors (Lipinski definition) is 5. The number of methoxy groups -OCH3 is 2. The van der Waals surface area contributed by atoms with E-state index in [4.69, 9.17) is 25.8 Å². The number of ether oxygens (including phenoxy) is 3. The fourth-order valence-corrected chi connectivity index (χ4v) is 3.05. The average molecular weight is 369 g/mol. The van der Waals surface area contributed by atoms with Gasteiger partial charge in [0.05, 0.1) is 37.5 Å². The SMILES string of the molecule is CCOC(=O)C1=C(CC)NC(=O)NC1c1ccc(OC)c(OC)c1Cl. The number of carbonyl (C=O) groups is 2. The first-order chi connectivity index (χ1) is 12.0. The average Bonchev–Trinajstić information content (AvgIpc) is 2.60. The monoisotopic (exact) mass is 368 g/mol. The maximum absolute atomic E-state index is 12.5. The first kappa shape index (κ1) is 18.9. The van der Waals surface area contributed by atoms with E-state index in [2.05, 4.69) is 10.6 Å². The Hall–Kier alpha value is -2.41. The highest BCUT2D eigenvalue weighted by molar-refractivity contribution is 6.33. The van der Waals surface area contributed by atoms with Crippen LogP contribution in [-0.2, 0) is 9.53 Å². The van der Waals surface area contributed by atoms with Gasteiger partial charge >= 0.3 is 12.0 Å². The van der Waals surface area contributed by atoms with Crippen molar-refractivity contribution in [2.75, 3.05) is 20.8 Å². The van der Waals surface area contributed by atoms with Crippen molar-refractivity contribution >= 4 is 23.6 Å². The number of nitrogens with one attached hydrogen (secondary N) is 2. The van der Waals surface area contributed by atoms with Crippen molar-refractivity contribution in [3.63, 3.8) is 0 Å². The third-order valence-electron chi connectivity index (χ3n) is 3.83. The summed E-state index contributed by atoms with van der Waals surface area (Å²) in [5.41, 5.74) is 1.33. The molecular weight excluding hydrogens is 348 g/mol. The molecule has 2 N–H and O–H groups in total. The highest BCUT2D eigenvalue weighted by atomic mass is 35.5. The van der Waals surface area contributed by atoms with E-state index in [1.807, 2.05) is 6.92 Å². The van der Waals surface area contributed by atoms with Crippen LogP contribution < -0.4 is 20.1 Å². The summed E-state index contributed by atoms with van der Waals surface area (Å²) in [5.74, 6) is 0.271. The van der Waals surface area contributed by atoms with Crippen molar-refractivity contribution in [2.45, 2.75) is 26.3 Å². The Kier molecular flexibility index (Phi) is 6.14. The number of esters is 1. The van der Waals surface area contributed by atoms with Gasteiger partial charge in [-0.3, -0.25) is 0 Å². The second kappa shape index (κ2) is 8.11. The van der Waals surface area contributed by atoms with Crippen LogP contribution in [0.25, 0.3) is 0 Å². The molecule has 0 spiro atoms. The van der Waals surface area contributed by atoms with Gasteiger partial charge in [-0.15, -0.1) is 0 Å². The van der Waals surface area contributed by atoms with Gasteiger partial charge in [0, 0.05) is 11.3 Å². The van der Waals surface area contributed by atoms with E-state index in [9.17, 15) is 9.59 Å². The summed E-state index contributed by atoms with van der Waals surface area (Å²) < 4.78 is 15.7. The van der Waals surface area contributed by atoms with E-state index in [0.717, 1.165) is 0 Å². The van der Waals surface area contributed by atoms with E-state index in [-0.39, 0.29) is 11.6 Å². The van der Waals surface area contributed by atoms with E-state index in [1.54, 1.807) is 19.1 Å². The predicted octanol–water partition coefficient (Wildman–Crippen LogP) is 2.94. The van der Waals surface area contributed by atoms with E-state index < -0.39 is 18.0 Å². The number of urea groups is 1. The molecule has 0 radical (unpaired) electrons. The van der Waals surface area contributed by atoms with E-state index in [0.29, 0.717) is 34.8 Å². The summed E-state index contributed by atoms with van der Waals surface area (Å²) in [5, 5.41) is 5.64. The molecule has 1 unspecified atom stereocenters. The standard InChI is InChI=1S/C17H21ClN2O5/c1-5-10-12(16(21)25-6-2)14(20-17(22)19-10)9-7-8-11(23-3)15(24-4)13(9)18/h7-8,14H,5-6H2,1-4H3,(H2,19,20,22). The molecule has 25 heavy (non-hydrogen) atoms. The molecule has 136 valence electrons. The van der Waals surface area contributed by atoms with E-state index in [1.165, 1.54) is 14.2 Å². The third kappa shape index (κ3) is 3.66. The topological polar surface area (TPSA) is 85.9 Å². The predicted molar refractivity (Wildman–Crippen MR) is 92.9 cm³/mol. The maximum Gasteiger partial charge on any atom is 0.338 e. The van der Waals surface area contributed by atoms with Crippen LogP contribution in [0.15, 0.2) is 23.4 Å². The number of halogens is 1. The molecule has 1 aliphatic heterocycles. The van der Waals surface area contributed by atoms with Crippen molar-refractivity contribution in [2.24, 2.45) is 0 Å². The molecule has 0 saturated heterocycles. The second-order valence-corrected chi connectivity index (χ2v) is 5.58. The van der Waals surface area contributed by atoms with Gasteiger partial charge in [-0.25, -0.2) is 9.59 Å². The Labute approximate surface area is 151 Å². The minimum absolute atomic E-state index is 0.222. The van der Waals surface area contributed by atoms with Gasteiger partial charge in [0.2, 0.25) is 0 Å². The Bertz CT molecular complexity index is 717. The molecule has 0 fully saturated rings. The highest BCUT2D eigenvalue weighted by Gasteiger charge is 2.35. The van der Waals surface area contributed by atoms with Gasteiger partial charge < -0.3 is 24.8 Å². The highest BCUT2D eigenvalue weighted by Crippen LogP contribution is 2.42. The zero-order valence-electron chi connectivity index (χ0n) is 14.6. The Morgan fingerprint density at radius 1 is 1.24 bits per heavy atom. The molecule has 0 aromatic heterocycles. The Morgan fingerprint density at radius 3 is 2.52 bits per heavy atom. The zero-order chi connectivity index (χ0) is 18.6. The lowest BCUT2D eigenvalue weighted by Crippen LogP contribution is -2.46. The summed E-state index contributed by atoms with van der Waals surface area (Å²) in [7, 11) is 2.97. The van der Waals surface area contributed by atoms with Gasteiger partial charge in [0.15, 0.2) is 11.5 Å². The summed E-state index contributed by atoms with van der Waals surface area (Å²) in [6.07, 6.45) is 0.461. The molecule has 1 aliphatic rings. The lowest BCUT2D eigenvalue weighted by Gasteiger charge is -2.30. The molecule has 1 atom stereocenters. The van der Waals surface area contributed by atoms with Crippen LogP contribution in [0, 0.1) is 0 Å². The zero-order valence-corrected chi connectivity index (χ0v) is 15.3. The lowest BCUT2D eigenvalue weighted by atomic mass is 9.94. The summed E-state index contributed by atoms with van der Waals surface area (Å²) in [6, 6.07) is 2.19. The fraction of sp³-hybridized carbons (Fsp3) is 0.412. The van der Waals surface area contributed by atoms with Crippen LogP contribution in [0.1, 0.15) is 31.9 Å². The van der Waals surface area contributed by atoms with Crippen LogP contribution >= 0.6 is 11.6 Å². The number of benzene rings is 1. The van der Waals surface area contributed by atoms with Crippen LogP contribution in [-0.4, -0.2) is 32.8 Å². The fourth-order valence-electron chi connectivity index (χ4n) is 2.71. The molecule has 0 saturated carbocycles. The molecule has 8 heteroatoms. The number of hydrogen-bond donors (Lipinski definition) is 2. The summed E-state index contributed by atoms with van der Waals surface area (Å²) in [4.78, 5) is 24.5. The van der Waals surface area contributed by atoms with Crippen molar-refractivity contribution in [1.82, 2.24) is 10.6 Å². The third-order valence-corrected chi connectivity index (χ3v) is 4.22. The van der Waals surface area contributed by atoms with Crippen molar-refractivity contribution in [3.8, 4) is 11.5 Å². The minimum atomic E-state index is -0.755. The number of rotatable bonds is 6. The first-order valence-electron chi connectivity index (χ1n) is 7.86. The van der Waals surface area contributed by atoms with Crippen molar-refractivity contribution in [3.05, 3.63) is 34.0 Å². The van der Waals surface area contributed by atoms with Gasteiger partial charge in [-0.1, -0.05) is 24.6 Å². The Morgan fingerprint density at radius 2 is 1.96 bits per heavy atom. The van der Waals surface area contributed by atoms with Gasteiger partial charge in [-0.2, -0.15) is 0 Å². The van der Waals surface area contributed by atoms with Crippen LogP contribution in [0.2, 0.25) is 5.02 Å². The molecule has 0 aliphatic carbocycles. The maximum atomic E-state index is 12.5. The smallest absolute Gasteiger partial charge is 0.338 e. The van der Waals surface area contributed by atoms with Crippen molar-refractivity contribution < 1.29 is 23.8 Å². The number of allylic oxidation sites excluding steroid dienone is 1. The lowest BCUT2D eigenvalue weighted by molar-refractivity contribution is -0.139. The molecule has 1 aromatic carbocycles. The number of amides is 2. The summed E-state index contributed by atoms with van der Waals surface area (Å²) >= 11 is 6.46. The van der Waals surface area contributed by atoms with Crippen LogP contribution in [0.3, 0.4) is 0 Å². The molecule has 2 rings (SSSR count). The molecule has 2 amide bonds. The van der Waals surface area contributed by atoms with Gasteiger partial charge in [0.25, 0.3) is 0 Å². The molecular formula is C17H21ClN2O5. The molecule has 7 nitrogen and oxygen atoms in total. The van der Waals surface area contributed by atoms with Crippen LogP contribution in [0.4, 0.5) is 4.79 Å². The largest absolute Gasteiger partial charge is 0.493 e. The van der Waals surface area contributed by atoms with Gasteiger partial charge in [-0.05, 0) is 19.4 Å². The quantitative estimate of drug-likeness (QED) is 0.754. The molecule has 1 aromatic rings. The summed E-state index contributed by atoms with van der Waals surface area (Å²) in [6.45, 7) is 3.78. The van der Waals surface area contributed by atoms with Crippen LogP contribution in [0.5, 0.6) is 11.5 Å². The molecule has 0 bridgehead atoms. The van der Waals surface area contributed by atoms with E-state index >= 15 is 0 Å².